The van der Waals surface area contributed by atoms with Crippen LogP contribution >= 0.6 is 23.2 Å². The Bertz CT molecular complexity index is 1460. The van der Waals surface area contributed by atoms with Crippen LogP contribution in [0, 0.1) is 0 Å². The highest BCUT2D eigenvalue weighted by molar-refractivity contribution is 7.92. The fraction of sp³-hybridized carbons (Fsp3) is 0.355. The van der Waals surface area contributed by atoms with Crippen molar-refractivity contribution in [3.05, 3.63) is 94.0 Å². The highest BCUT2D eigenvalue weighted by atomic mass is 35.5. The summed E-state index contributed by atoms with van der Waals surface area (Å²) in [6.07, 6.45) is 1.08. The smallest absolute Gasteiger partial charge is 0.264 e. The molecule has 0 aliphatic rings. The highest BCUT2D eigenvalue weighted by Gasteiger charge is 2.34. The lowest BCUT2D eigenvalue weighted by Gasteiger charge is -2.35. The summed E-state index contributed by atoms with van der Waals surface area (Å²) in [6.45, 7) is 8.84. The molecule has 0 heterocycles. The lowest BCUT2D eigenvalue weighted by atomic mass is 10.1. The first-order valence-electron chi connectivity index (χ1n) is 13.5. The largest absolute Gasteiger partial charge is 0.350 e. The number of carbonyl (C=O) groups is 2. The Morgan fingerprint density at radius 1 is 0.927 bits per heavy atom. The standard InChI is InChI=1S/C31H37Cl2N3O4S/c1-6-22-13-17-25(18-14-22)36(41(39,40)26-11-9-8-10-12-26)21-29(37)35(20-23-15-16-24(32)19-27(23)33)28(7-2)30(38)34-31(3,4)5/h8-19,28H,6-7,20-21H2,1-5H3,(H,34,38)/t28-/m0/s1. The fourth-order valence-corrected chi connectivity index (χ4v) is 6.26. The van der Waals surface area contributed by atoms with Crippen LogP contribution in [0.15, 0.2) is 77.7 Å². The van der Waals surface area contributed by atoms with Crippen molar-refractivity contribution in [1.82, 2.24) is 10.2 Å². The molecule has 0 aromatic heterocycles. The van der Waals surface area contributed by atoms with E-state index in [1.54, 1.807) is 55.5 Å². The van der Waals surface area contributed by atoms with E-state index >= 15 is 0 Å². The molecule has 7 nitrogen and oxygen atoms in total. The van der Waals surface area contributed by atoms with E-state index in [0.717, 1.165) is 16.3 Å². The zero-order valence-corrected chi connectivity index (χ0v) is 26.4. The van der Waals surface area contributed by atoms with Gasteiger partial charge in [-0.15, -0.1) is 0 Å². The Morgan fingerprint density at radius 3 is 2.10 bits per heavy atom. The number of rotatable bonds is 11. The van der Waals surface area contributed by atoms with Gasteiger partial charge >= 0.3 is 0 Å². The Morgan fingerprint density at radius 2 is 1.56 bits per heavy atom. The number of halogens is 2. The summed E-state index contributed by atoms with van der Waals surface area (Å²) in [5.74, 6) is -0.894. The number of hydrogen-bond donors (Lipinski definition) is 1. The van der Waals surface area contributed by atoms with Crippen molar-refractivity contribution in [3.63, 3.8) is 0 Å². The van der Waals surface area contributed by atoms with E-state index in [9.17, 15) is 18.0 Å². The molecular formula is C31H37Cl2N3O4S. The van der Waals surface area contributed by atoms with Gasteiger partial charge in [0.15, 0.2) is 0 Å². The molecule has 10 heteroatoms. The van der Waals surface area contributed by atoms with Crippen molar-refractivity contribution >= 4 is 50.7 Å². The molecule has 41 heavy (non-hydrogen) atoms. The molecule has 0 fully saturated rings. The number of amides is 2. The minimum Gasteiger partial charge on any atom is -0.350 e. The van der Waals surface area contributed by atoms with Crippen molar-refractivity contribution in [2.45, 2.75) is 70.5 Å². The first-order chi connectivity index (χ1) is 19.3. The molecule has 1 atom stereocenters. The Balaban J connectivity index is 2.09. The quantitative estimate of drug-likeness (QED) is 0.267. The summed E-state index contributed by atoms with van der Waals surface area (Å²) in [6, 6.07) is 19.1. The first-order valence-corrected chi connectivity index (χ1v) is 15.7. The van der Waals surface area contributed by atoms with Crippen LogP contribution in [0.3, 0.4) is 0 Å². The molecule has 3 rings (SSSR count). The summed E-state index contributed by atoms with van der Waals surface area (Å²) in [7, 11) is -4.13. The summed E-state index contributed by atoms with van der Waals surface area (Å²) < 4.78 is 28.9. The van der Waals surface area contributed by atoms with Gasteiger partial charge in [0.1, 0.15) is 12.6 Å². The maximum atomic E-state index is 14.2. The van der Waals surface area contributed by atoms with Crippen molar-refractivity contribution in [2.75, 3.05) is 10.8 Å². The Labute approximate surface area is 253 Å². The van der Waals surface area contributed by atoms with Crippen LogP contribution in [0.4, 0.5) is 5.69 Å². The van der Waals surface area contributed by atoms with Crippen LogP contribution in [0.2, 0.25) is 10.0 Å². The van der Waals surface area contributed by atoms with Crippen LogP contribution in [-0.4, -0.2) is 43.3 Å². The van der Waals surface area contributed by atoms with E-state index in [-0.39, 0.29) is 17.3 Å². The van der Waals surface area contributed by atoms with Gasteiger partial charge in [0.2, 0.25) is 11.8 Å². The highest BCUT2D eigenvalue weighted by Crippen LogP contribution is 2.27. The fourth-order valence-electron chi connectivity index (χ4n) is 4.35. The molecule has 0 unspecified atom stereocenters. The van der Waals surface area contributed by atoms with Gasteiger partial charge in [0.25, 0.3) is 10.0 Å². The minimum absolute atomic E-state index is 0.0150. The zero-order chi connectivity index (χ0) is 30.4. The molecule has 1 N–H and O–H groups in total. The van der Waals surface area contributed by atoms with E-state index < -0.39 is 34.1 Å². The lowest BCUT2D eigenvalue weighted by Crippen LogP contribution is -2.55. The SMILES string of the molecule is CCc1ccc(N(CC(=O)N(Cc2ccc(Cl)cc2Cl)[C@@H](CC)C(=O)NC(C)(C)C)S(=O)(=O)c2ccccc2)cc1. The number of sulfonamides is 1. The molecule has 220 valence electrons. The summed E-state index contributed by atoms with van der Waals surface area (Å²) in [5.41, 5.74) is 1.41. The second-order valence-electron chi connectivity index (χ2n) is 10.8. The van der Waals surface area contributed by atoms with E-state index in [0.29, 0.717) is 27.7 Å². The zero-order valence-electron chi connectivity index (χ0n) is 24.0. The van der Waals surface area contributed by atoms with Crippen LogP contribution in [-0.2, 0) is 32.6 Å². The summed E-state index contributed by atoms with van der Waals surface area (Å²) >= 11 is 12.6. The molecule has 0 radical (unpaired) electrons. The maximum absolute atomic E-state index is 14.2. The second kappa shape index (κ2) is 13.7. The molecule has 3 aromatic rings. The average molecular weight is 619 g/mol. The number of aryl methyl sites for hydroxylation is 1. The third-order valence-corrected chi connectivity index (χ3v) is 8.86. The maximum Gasteiger partial charge on any atom is 0.264 e. The monoisotopic (exact) mass is 617 g/mol. The predicted molar refractivity (Wildman–Crippen MR) is 166 cm³/mol. The molecule has 0 aliphatic carbocycles. The molecule has 0 spiro atoms. The van der Waals surface area contributed by atoms with E-state index in [1.165, 1.54) is 17.0 Å². The Kier molecular flexibility index (Phi) is 10.9. The molecule has 3 aromatic carbocycles. The van der Waals surface area contributed by atoms with Crippen LogP contribution in [0.25, 0.3) is 0 Å². The lowest BCUT2D eigenvalue weighted by molar-refractivity contribution is -0.141. The third kappa shape index (κ3) is 8.47. The van der Waals surface area contributed by atoms with E-state index in [4.69, 9.17) is 23.2 Å². The van der Waals surface area contributed by atoms with Gasteiger partial charge in [-0.1, -0.05) is 73.4 Å². The second-order valence-corrected chi connectivity index (χ2v) is 13.5. The summed E-state index contributed by atoms with van der Waals surface area (Å²) in [4.78, 5) is 29.0. The number of nitrogens with one attached hydrogen (secondary N) is 1. The van der Waals surface area contributed by atoms with Gasteiger partial charge in [-0.05, 0) is 81.1 Å². The first kappa shape index (κ1) is 32.4. The molecular weight excluding hydrogens is 581 g/mol. The van der Waals surface area contributed by atoms with Crippen LogP contribution in [0.1, 0.15) is 52.2 Å². The number of nitrogens with zero attached hydrogens (tertiary/aromatic N) is 2. The van der Waals surface area contributed by atoms with Crippen molar-refractivity contribution in [3.8, 4) is 0 Å². The van der Waals surface area contributed by atoms with Crippen molar-refractivity contribution in [1.29, 1.82) is 0 Å². The van der Waals surface area contributed by atoms with Gasteiger partial charge in [-0.2, -0.15) is 0 Å². The van der Waals surface area contributed by atoms with Gasteiger partial charge in [0.05, 0.1) is 10.6 Å². The normalized spacial score (nSPS) is 12.5. The summed E-state index contributed by atoms with van der Waals surface area (Å²) in [5, 5.41) is 3.72. The number of carbonyl (C=O) groups excluding carboxylic acids is 2. The molecule has 0 saturated heterocycles. The van der Waals surface area contributed by atoms with Crippen molar-refractivity contribution in [2.24, 2.45) is 0 Å². The van der Waals surface area contributed by atoms with Gasteiger partial charge in [-0.25, -0.2) is 8.42 Å². The number of anilines is 1. The molecule has 0 bridgehead atoms. The van der Waals surface area contributed by atoms with E-state index in [1.807, 2.05) is 39.8 Å². The molecule has 0 saturated carbocycles. The van der Waals surface area contributed by atoms with Crippen molar-refractivity contribution < 1.29 is 18.0 Å². The number of hydrogen-bond acceptors (Lipinski definition) is 4. The average Bonchev–Trinajstić information content (AvgIpc) is 2.92. The predicted octanol–water partition coefficient (Wildman–Crippen LogP) is 6.47. The minimum atomic E-state index is -4.13. The van der Waals surface area contributed by atoms with Crippen LogP contribution in [0.5, 0.6) is 0 Å². The van der Waals surface area contributed by atoms with Crippen LogP contribution < -0.4 is 9.62 Å². The number of benzene rings is 3. The molecule has 2 amide bonds. The topological polar surface area (TPSA) is 86.8 Å². The van der Waals surface area contributed by atoms with E-state index in [2.05, 4.69) is 5.32 Å². The van der Waals surface area contributed by atoms with Gasteiger partial charge < -0.3 is 10.2 Å². The Hall–Kier alpha value is -3.07. The van der Waals surface area contributed by atoms with Gasteiger partial charge in [-0.3, -0.25) is 13.9 Å². The molecule has 0 aliphatic heterocycles. The third-order valence-electron chi connectivity index (χ3n) is 6.48. The van der Waals surface area contributed by atoms with Gasteiger partial charge in [0, 0.05) is 22.1 Å².